The molecule has 1 heterocycles. The molecule has 0 radical (unpaired) electrons. The molecule has 0 saturated carbocycles. The number of carboxylic acids is 1. The molecule has 1 aromatic carbocycles. The second-order valence-electron chi connectivity index (χ2n) is 5.27. The van der Waals surface area contributed by atoms with E-state index in [1.165, 1.54) is 13.8 Å². The first-order valence-electron chi connectivity index (χ1n) is 6.30. The first-order valence-corrected chi connectivity index (χ1v) is 6.30. The summed E-state index contributed by atoms with van der Waals surface area (Å²) in [6, 6.07) is 7.62. The van der Waals surface area contributed by atoms with Gasteiger partial charge in [-0.2, -0.15) is 0 Å². The molecule has 1 aliphatic heterocycles. The van der Waals surface area contributed by atoms with Crippen LogP contribution in [0.3, 0.4) is 0 Å². The van der Waals surface area contributed by atoms with E-state index in [0.29, 0.717) is 13.0 Å². The lowest BCUT2D eigenvalue weighted by Gasteiger charge is -2.29. The van der Waals surface area contributed by atoms with E-state index >= 15 is 0 Å². The van der Waals surface area contributed by atoms with Crippen molar-refractivity contribution in [3.63, 3.8) is 0 Å². The lowest BCUT2D eigenvalue weighted by molar-refractivity contribution is -0.146. The van der Waals surface area contributed by atoms with Gasteiger partial charge in [-0.1, -0.05) is 18.2 Å². The van der Waals surface area contributed by atoms with Crippen LogP contribution in [0.15, 0.2) is 24.3 Å². The van der Waals surface area contributed by atoms with Crippen LogP contribution < -0.4 is 10.6 Å². The highest BCUT2D eigenvalue weighted by atomic mass is 16.4. The van der Waals surface area contributed by atoms with Gasteiger partial charge in [0.2, 0.25) is 5.91 Å². The van der Waals surface area contributed by atoms with Crippen LogP contribution in [0.4, 0.5) is 5.69 Å². The largest absolute Gasteiger partial charge is 0.480 e. The number of amides is 1. The Morgan fingerprint density at radius 3 is 2.74 bits per heavy atom. The number of carbonyl (C=O) groups is 2. The van der Waals surface area contributed by atoms with Crippen LogP contribution in [0.25, 0.3) is 0 Å². The number of para-hydroxylation sites is 1. The molecule has 1 amide bonds. The maximum absolute atomic E-state index is 12.3. The molecule has 2 rings (SSSR count). The van der Waals surface area contributed by atoms with E-state index in [-0.39, 0.29) is 11.8 Å². The number of carboxylic acid groups (broad SMARTS) is 1. The Labute approximate surface area is 112 Å². The van der Waals surface area contributed by atoms with Gasteiger partial charge in [0.1, 0.15) is 5.54 Å². The average Bonchev–Trinajstić information content (AvgIpc) is 2.37. The molecule has 102 valence electrons. The topological polar surface area (TPSA) is 78.4 Å². The molecule has 1 aromatic rings. The van der Waals surface area contributed by atoms with Crippen molar-refractivity contribution in [2.45, 2.75) is 31.7 Å². The fourth-order valence-electron chi connectivity index (χ4n) is 2.19. The van der Waals surface area contributed by atoms with Gasteiger partial charge in [-0.05, 0) is 31.9 Å². The van der Waals surface area contributed by atoms with Crippen LogP contribution in [0.5, 0.6) is 0 Å². The number of aliphatic carboxylic acids is 1. The number of anilines is 1. The highest BCUT2D eigenvalue weighted by molar-refractivity contribution is 5.91. The zero-order valence-corrected chi connectivity index (χ0v) is 11.1. The van der Waals surface area contributed by atoms with Gasteiger partial charge in [0.15, 0.2) is 0 Å². The van der Waals surface area contributed by atoms with Gasteiger partial charge in [-0.3, -0.25) is 4.79 Å². The van der Waals surface area contributed by atoms with Gasteiger partial charge < -0.3 is 15.7 Å². The zero-order valence-electron chi connectivity index (χ0n) is 11.1. The van der Waals surface area contributed by atoms with E-state index in [0.717, 1.165) is 11.3 Å². The maximum atomic E-state index is 12.3. The average molecular weight is 262 g/mol. The van der Waals surface area contributed by atoms with Gasteiger partial charge in [-0.25, -0.2) is 4.79 Å². The Bertz CT molecular complexity index is 511. The second kappa shape index (κ2) is 4.91. The molecule has 5 nitrogen and oxygen atoms in total. The summed E-state index contributed by atoms with van der Waals surface area (Å²) in [5.74, 6) is -1.57. The van der Waals surface area contributed by atoms with Crippen molar-refractivity contribution >= 4 is 17.6 Å². The quantitative estimate of drug-likeness (QED) is 0.772. The minimum absolute atomic E-state index is 0.235. The summed E-state index contributed by atoms with van der Waals surface area (Å²) in [5, 5.41) is 14.9. The van der Waals surface area contributed by atoms with Gasteiger partial charge in [0.05, 0.1) is 5.92 Å². The summed E-state index contributed by atoms with van der Waals surface area (Å²) in [4.78, 5) is 23.3. The lowest BCUT2D eigenvalue weighted by atomic mass is 9.89. The van der Waals surface area contributed by atoms with Crippen molar-refractivity contribution in [3.05, 3.63) is 29.8 Å². The molecule has 0 spiro atoms. The van der Waals surface area contributed by atoms with Crippen LogP contribution in [-0.4, -0.2) is 29.1 Å². The van der Waals surface area contributed by atoms with Crippen LogP contribution in [0.2, 0.25) is 0 Å². The first-order chi connectivity index (χ1) is 8.92. The molecule has 19 heavy (non-hydrogen) atoms. The van der Waals surface area contributed by atoms with Crippen LogP contribution >= 0.6 is 0 Å². The zero-order chi connectivity index (χ0) is 14.0. The molecule has 1 aliphatic rings. The third kappa shape index (κ3) is 2.70. The van der Waals surface area contributed by atoms with Crippen molar-refractivity contribution in [1.82, 2.24) is 5.32 Å². The van der Waals surface area contributed by atoms with E-state index in [1.54, 1.807) is 0 Å². The van der Waals surface area contributed by atoms with Crippen LogP contribution in [-0.2, 0) is 9.59 Å². The number of fused-ring (bicyclic) bond motifs is 1. The third-order valence-corrected chi connectivity index (χ3v) is 3.37. The molecular formula is C14H18N2O3. The highest BCUT2D eigenvalue weighted by Crippen LogP contribution is 2.31. The normalized spacial score (nSPS) is 18.1. The number of nitrogens with one attached hydrogen (secondary N) is 2. The van der Waals surface area contributed by atoms with Crippen LogP contribution in [0.1, 0.15) is 31.7 Å². The van der Waals surface area contributed by atoms with Crippen molar-refractivity contribution in [2.75, 3.05) is 11.9 Å². The SMILES string of the molecule is CC(C)(NC(=O)C1CCNc2ccccc21)C(=O)O. The summed E-state index contributed by atoms with van der Waals surface area (Å²) in [5.41, 5.74) is 0.617. The van der Waals surface area contributed by atoms with E-state index in [4.69, 9.17) is 5.11 Å². The number of hydrogen-bond donors (Lipinski definition) is 3. The Morgan fingerprint density at radius 1 is 1.37 bits per heavy atom. The summed E-state index contributed by atoms with van der Waals surface area (Å²) in [7, 11) is 0. The molecule has 3 N–H and O–H groups in total. The van der Waals surface area contributed by atoms with Gasteiger partial charge in [0, 0.05) is 12.2 Å². The minimum Gasteiger partial charge on any atom is -0.480 e. The Hall–Kier alpha value is -2.04. The number of carbonyl (C=O) groups excluding carboxylic acids is 1. The fourth-order valence-corrected chi connectivity index (χ4v) is 2.19. The van der Waals surface area contributed by atoms with E-state index < -0.39 is 11.5 Å². The minimum atomic E-state index is -1.25. The summed E-state index contributed by atoms with van der Waals surface area (Å²) >= 11 is 0. The predicted molar refractivity (Wildman–Crippen MR) is 72.1 cm³/mol. The molecule has 0 aromatic heterocycles. The third-order valence-electron chi connectivity index (χ3n) is 3.37. The number of hydrogen-bond acceptors (Lipinski definition) is 3. The maximum Gasteiger partial charge on any atom is 0.328 e. The second-order valence-corrected chi connectivity index (χ2v) is 5.27. The van der Waals surface area contributed by atoms with Crippen molar-refractivity contribution < 1.29 is 14.7 Å². The predicted octanol–water partition coefficient (Wildman–Crippen LogP) is 1.57. The molecular weight excluding hydrogens is 244 g/mol. The molecule has 1 unspecified atom stereocenters. The Balaban J connectivity index is 2.20. The molecule has 5 heteroatoms. The smallest absolute Gasteiger partial charge is 0.328 e. The Kier molecular flexibility index (Phi) is 3.46. The van der Waals surface area contributed by atoms with Crippen molar-refractivity contribution in [1.29, 1.82) is 0 Å². The summed E-state index contributed by atoms with van der Waals surface area (Å²) in [6.07, 6.45) is 0.665. The summed E-state index contributed by atoms with van der Waals surface area (Å²) in [6.45, 7) is 3.68. The van der Waals surface area contributed by atoms with Crippen molar-refractivity contribution in [2.24, 2.45) is 0 Å². The monoisotopic (exact) mass is 262 g/mol. The van der Waals surface area contributed by atoms with Crippen molar-refractivity contribution in [3.8, 4) is 0 Å². The Morgan fingerprint density at radius 2 is 2.05 bits per heavy atom. The number of rotatable bonds is 3. The molecule has 0 bridgehead atoms. The van der Waals surface area contributed by atoms with E-state index in [2.05, 4.69) is 10.6 Å². The fraction of sp³-hybridized carbons (Fsp3) is 0.429. The molecule has 0 fully saturated rings. The summed E-state index contributed by atoms with van der Waals surface area (Å²) < 4.78 is 0. The van der Waals surface area contributed by atoms with Crippen LogP contribution in [0, 0.1) is 0 Å². The molecule has 0 aliphatic carbocycles. The molecule has 0 saturated heterocycles. The first kappa shape index (κ1) is 13.4. The van der Waals surface area contributed by atoms with Gasteiger partial charge >= 0.3 is 5.97 Å². The van der Waals surface area contributed by atoms with Gasteiger partial charge in [-0.15, -0.1) is 0 Å². The number of benzene rings is 1. The van der Waals surface area contributed by atoms with Gasteiger partial charge in [0.25, 0.3) is 0 Å². The molecule has 1 atom stereocenters. The van der Waals surface area contributed by atoms with E-state index in [9.17, 15) is 9.59 Å². The standard InChI is InChI=1S/C14H18N2O3/c1-14(2,13(18)19)16-12(17)10-7-8-15-11-6-4-3-5-9(10)11/h3-6,10,15H,7-8H2,1-2H3,(H,16,17)(H,18,19). The van der Waals surface area contributed by atoms with E-state index in [1.807, 2.05) is 24.3 Å². The lowest BCUT2D eigenvalue weighted by Crippen LogP contribution is -2.51. The highest BCUT2D eigenvalue weighted by Gasteiger charge is 2.33.